The Balaban J connectivity index is 2.04. The topological polar surface area (TPSA) is 83.0 Å². The first-order chi connectivity index (χ1) is 14.6. The molecule has 1 aliphatic heterocycles. The lowest BCUT2D eigenvalue weighted by atomic mass is 9.95. The molecule has 166 valence electrons. The van der Waals surface area contributed by atoms with Crippen LogP contribution >= 0.6 is 11.3 Å². The average Bonchev–Trinajstić information content (AvgIpc) is 3.17. The Kier molecular flexibility index (Phi) is 6.81. The highest BCUT2D eigenvalue weighted by atomic mass is 32.1. The van der Waals surface area contributed by atoms with Crippen molar-refractivity contribution in [3.63, 3.8) is 0 Å². The second-order valence-corrected chi connectivity index (χ2v) is 9.25. The van der Waals surface area contributed by atoms with Crippen LogP contribution in [-0.4, -0.2) is 60.0 Å². The number of carbonyl (C=O) groups excluding carboxylic acids is 2. The average molecular weight is 444 g/mol. The zero-order valence-corrected chi connectivity index (χ0v) is 19.6. The summed E-state index contributed by atoms with van der Waals surface area (Å²) in [6.07, 6.45) is 0.0148. The minimum absolute atomic E-state index is 0.0148. The smallest absolute Gasteiger partial charge is 0.290 e. The molecule has 1 aliphatic rings. The Bertz CT molecular complexity index is 1010. The summed E-state index contributed by atoms with van der Waals surface area (Å²) in [6.45, 7) is 8.00. The number of aliphatic hydroxyl groups is 1. The first-order valence-corrected chi connectivity index (χ1v) is 11.0. The van der Waals surface area contributed by atoms with Crippen molar-refractivity contribution >= 4 is 28.7 Å². The predicted octanol–water partition coefficient (Wildman–Crippen LogP) is 3.83. The lowest BCUT2D eigenvalue weighted by Gasteiger charge is -2.27. The molecule has 2 aromatic rings. The summed E-state index contributed by atoms with van der Waals surface area (Å²) in [5.74, 6) is -1.42. The Morgan fingerprint density at radius 3 is 2.42 bits per heavy atom. The molecule has 1 aromatic heterocycles. The number of aliphatic hydroxyl groups excluding tert-OH is 1. The number of benzene rings is 1. The molecule has 7 nitrogen and oxygen atoms in total. The van der Waals surface area contributed by atoms with Crippen molar-refractivity contribution in [2.24, 2.45) is 0 Å². The number of Topliss-reactive ketones (excluding diaryl/α,β-unsaturated/α-hetero) is 1. The molecule has 1 amide bonds. The quantitative estimate of drug-likeness (QED) is 0.625. The molecule has 8 heteroatoms. The highest BCUT2D eigenvalue weighted by Crippen LogP contribution is 2.40. The SMILES string of the molecule is Cc1nc(C)c(C(=O)C2=C(O)C(=O)N(CCOC(C)C)C2c2ccc(N(C)C)cc2)s1. The summed E-state index contributed by atoms with van der Waals surface area (Å²) in [5.41, 5.74) is 2.45. The van der Waals surface area contributed by atoms with Crippen LogP contribution in [0.1, 0.15) is 45.8 Å². The molecule has 0 spiro atoms. The van der Waals surface area contributed by atoms with Gasteiger partial charge in [-0.3, -0.25) is 9.59 Å². The van der Waals surface area contributed by atoms with Crippen LogP contribution in [-0.2, 0) is 9.53 Å². The molecule has 2 heterocycles. The number of aryl methyl sites for hydroxylation is 2. The summed E-state index contributed by atoms with van der Waals surface area (Å²) in [4.78, 5) is 34.7. The van der Waals surface area contributed by atoms with Crippen LogP contribution in [0.4, 0.5) is 5.69 Å². The molecule has 1 atom stereocenters. The number of thiazole rings is 1. The molecule has 0 bridgehead atoms. The lowest BCUT2D eigenvalue weighted by molar-refractivity contribution is -0.130. The van der Waals surface area contributed by atoms with Crippen LogP contribution in [0.5, 0.6) is 0 Å². The summed E-state index contributed by atoms with van der Waals surface area (Å²) in [6, 6.07) is 6.96. The fraction of sp³-hybridized carbons (Fsp3) is 0.435. The summed E-state index contributed by atoms with van der Waals surface area (Å²) in [5, 5.41) is 11.5. The van der Waals surface area contributed by atoms with Gasteiger partial charge >= 0.3 is 0 Å². The van der Waals surface area contributed by atoms with Crippen molar-refractivity contribution in [1.29, 1.82) is 0 Å². The van der Waals surface area contributed by atoms with Gasteiger partial charge in [0.2, 0.25) is 5.78 Å². The number of rotatable bonds is 8. The Morgan fingerprint density at radius 2 is 1.90 bits per heavy atom. The van der Waals surface area contributed by atoms with Gasteiger partial charge in [0.15, 0.2) is 5.76 Å². The predicted molar refractivity (Wildman–Crippen MR) is 122 cm³/mol. The van der Waals surface area contributed by atoms with Gasteiger partial charge in [0, 0.05) is 26.3 Å². The van der Waals surface area contributed by atoms with E-state index in [1.165, 1.54) is 16.2 Å². The molecule has 1 unspecified atom stereocenters. The Morgan fingerprint density at radius 1 is 1.26 bits per heavy atom. The van der Waals surface area contributed by atoms with E-state index in [9.17, 15) is 14.7 Å². The first-order valence-electron chi connectivity index (χ1n) is 10.2. The van der Waals surface area contributed by atoms with E-state index in [1.54, 1.807) is 6.92 Å². The van der Waals surface area contributed by atoms with Gasteiger partial charge in [0.1, 0.15) is 0 Å². The number of hydrogen-bond acceptors (Lipinski definition) is 7. The molecule has 31 heavy (non-hydrogen) atoms. The van der Waals surface area contributed by atoms with Gasteiger partial charge in [-0.05, 0) is 45.4 Å². The maximum absolute atomic E-state index is 13.5. The molecule has 1 aromatic carbocycles. The Hall–Kier alpha value is -2.71. The zero-order chi connectivity index (χ0) is 22.9. The number of ketones is 1. The number of anilines is 1. The third-order valence-corrected chi connectivity index (χ3v) is 6.24. The molecule has 0 aliphatic carbocycles. The number of hydrogen-bond donors (Lipinski definition) is 1. The first kappa shape index (κ1) is 23.0. The van der Waals surface area contributed by atoms with Crippen molar-refractivity contribution in [3.8, 4) is 0 Å². The molecule has 0 saturated carbocycles. The van der Waals surface area contributed by atoms with E-state index in [-0.39, 0.29) is 24.0 Å². The standard InChI is InChI=1S/C23H29N3O4S/c1-13(2)30-12-11-26-19(16-7-9-17(10-8-16)25(5)6)18(21(28)23(26)29)20(27)22-14(3)24-15(4)31-22/h7-10,13,19,28H,11-12H2,1-6H3. The van der Waals surface area contributed by atoms with Crippen molar-refractivity contribution in [2.75, 3.05) is 32.1 Å². The van der Waals surface area contributed by atoms with Crippen LogP contribution in [0.25, 0.3) is 0 Å². The molecular weight excluding hydrogens is 414 g/mol. The summed E-state index contributed by atoms with van der Waals surface area (Å²) >= 11 is 1.27. The fourth-order valence-electron chi connectivity index (χ4n) is 3.67. The third kappa shape index (κ3) is 4.65. The van der Waals surface area contributed by atoms with E-state index in [0.29, 0.717) is 17.2 Å². The van der Waals surface area contributed by atoms with Gasteiger partial charge < -0.3 is 19.6 Å². The number of aromatic nitrogens is 1. The van der Waals surface area contributed by atoms with Crippen molar-refractivity contribution in [2.45, 2.75) is 39.8 Å². The maximum atomic E-state index is 13.5. The van der Waals surface area contributed by atoms with Gasteiger partial charge in [-0.1, -0.05) is 12.1 Å². The van der Waals surface area contributed by atoms with Crippen LogP contribution in [0.15, 0.2) is 35.6 Å². The monoisotopic (exact) mass is 443 g/mol. The highest BCUT2D eigenvalue weighted by Gasteiger charge is 2.44. The summed E-state index contributed by atoms with van der Waals surface area (Å²) < 4.78 is 5.63. The fourth-order valence-corrected chi connectivity index (χ4v) is 4.54. The largest absolute Gasteiger partial charge is 0.503 e. The van der Waals surface area contributed by atoms with Gasteiger partial charge in [0.25, 0.3) is 5.91 Å². The van der Waals surface area contributed by atoms with E-state index in [1.807, 2.05) is 64.0 Å². The molecule has 0 fully saturated rings. The second kappa shape index (κ2) is 9.20. The summed E-state index contributed by atoms with van der Waals surface area (Å²) in [7, 11) is 3.89. The van der Waals surface area contributed by atoms with Gasteiger partial charge in [-0.25, -0.2) is 4.98 Å². The van der Waals surface area contributed by atoms with Gasteiger partial charge in [-0.15, -0.1) is 11.3 Å². The van der Waals surface area contributed by atoms with Gasteiger partial charge in [-0.2, -0.15) is 0 Å². The number of ether oxygens (including phenoxy) is 1. The molecule has 0 radical (unpaired) electrons. The molecule has 1 N–H and O–H groups in total. The van der Waals surface area contributed by atoms with E-state index >= 15 is 0 Å². The van der Waals surface area contributed by atoms with E-state index in [4.69, 9.17) is 4.74 Å². The molecular formula is C23H29N3O4S. The number of amides is 1. The molecule has 3 rings (SSSR count). The van der Waals surface area contributed by atoms with Crippen molar-refractivity contribution in [1.82, 2.24) is 9.88 Å². The van der Waals surface area contributed by atoms with Crippen LogP contribution in [0.2, 0.25) is 0 Å². The Labute approximate surface area is 187 Å². The minimum Gasteiger partial charge on any atom is -0.503 e. The van der Waals surface area contributed by atoms with Crippen molar-refractivity contribution in [3.05, 3.63) is 56.7 Å². The van der Waals surface area contributed by atoms with E-state index < -0.39 is 17.7 Å². The van der Waals surface area contributed by atoms with Crippen molar-refractivity contribution < 1.29 is 19.4 Å². The van der Waals surface area contributed by atoms with Crippen LogP contribution in [0.3, 0.4) is 0 Å². The van der Waals surface area contributed by atoms with Crippen LogP contribution in [0, 0.1) is 13.8 Å². The van der Waals surface area contributed by atoms with E-state index in [2.05, 4.69) is 4.98 Å². The normalized spacial score (nSPS) is 16.5. The molecule has 0 saturated heterocycles. The van der Waals surface area contributed by atoms with E-state index in [0.717, 1.165) is 16.3 Å². The highest BCUT2D eigenvalue weighted by molar-refractivity contribution is 7.14. The van der Waals surface area contributed by atoms with Gasteiger partial charge in [0.05, 0.1) is 39.9 Å². The maximum Gasteiger partial charge on any atom is 0.290 e. The second-order valence-electron chi connectivity index (χ2n) is 8.05. The number of carbonyl (C=O) groups is 2. The van der Waals surface area contributed by atoms with Crippen LogP contribution < -0.4 is 4.90 Å². The third-order valence-electron chi connectivity index (χ3n) is 5.17. The number of nitrogens with zero attached hydrogens (tertiary/aromatic N) is 3. The zero-order valence-electron chi connectivity index (χ0n) is 18.8. The lowest BCUT2D eigenvalue weighted by Crippen LogP contribution is -2.34. The minimum atomic E-state index is -0.686.